The first kappa shape index (κ1) is 20.2. The molecule has 5 heteroatoms. The molecule has 1 N–H and O–H groups in total. The molecule has 0 spiro atoms. The molecular weight excluding hydrogens is 424 g/mol. The van der Waals surface area contributed by atoms with Gasteiger partial charge in [-0.3, -0.25) is 9.59 Å². The number of aryl methyl sites for hydroxylation is 4. The van der Waals surface area contributed by atoms with E-state index in [9.17, 15) is 14.7 Å². The predicted octanol–water partition coefficient (Wildman–Crippen LogP) is 2.04. The number of hydrogen-bond acceptors (Lipinski definition) is 4. The van der Waals surface area contributed by atoms with Crippen LogP contribution in [0, 0.1) is 0 Å². The van der Waals surface area contributed by atoms with E-state index in [-0.39, 0.29) is 16.9 Å². The topological polar surface area (TPSA) is 60.6 Å². The molecule has 34 heavy (non-hydrogen) atoms. The minimum Gasteiger partial charge on any atom is -0.506 e. The van der Waals surface area contributed by atoms with Crippen LogP contribution in [0.2, 0.25) is 0 Å². The molecule has 4 heterocycles. The van der Waals surface area contributed by atoms with E-state index in [1.54, 1.807) is 0 Å². The maximum Gasteiger partial charge on any atom is 0.238 e. The molecule has 0 saturated heterocycles. The fourth-order valence-electron chi connectivity index (χ4n) is 7.00. The second kappa shape index (κ2) is 7.39. The second-order valence-electron chi connectivity index (χ2n) is 10.4. The maximum absolute atomic E-state index is 13.2. The average molecular weight is 454 g/mol. The normalized spacial score (nSPS) is 21.2. The highest BCUT2D eigenvalue weighted by molar-refractivity contribution is 6.70. The first-order valence-electron chi connectivity index (χ1n) is 12.8. The van der Waals surface area contributed by atoms with Crippen molar-refractivity contribution in [1.29, 1.82) is 0 Å². The zero-order valence-electron chi connectivity index (χ0n) is 19.5. The molecule has 2 aromatic carbocycles. The molecule has 1 aliphatic carbocycles. The van der Waals surface area contributed by atoms with Gasteiger partial charge in [0, 0.05) is 42.7 Å². The van der Waals surface area contributed by atoms with Crippen LogP contribution in [0.5, 0.6) is 0 Å². The van der Waals surface area contributed by atoms with Gasteiger partial charge in [-0.1, -0.05) is 0 Å². The van der Waals surface area contributed by atoms with E-state index in [2.05, 4.69) is 9.48 Å². The van der Waals surface area contributed by atoms with Crippen LogP contribution >= 0.6 is 0 Å². The maximum atomic E-state index is 13.2. The molecule has 0 saturated carbocycles. The van der Waals surface area contributed by atoms with Crippen molar-refractivity contribution < 1.29 is 14.7 Å². The van der Waals surface area contributed by atoms with Crippen LogP contribution in [0.25, 0.3) is 11.1 Å². The molecule has 0 bridgehead atoms. The van der Waals surface area contributed by atoms with E-state index < -0.39 is 11.6 Å². The Bertz CT molecular complexity index is 1390. The lowest BCUT2D eigenvalue weighted by Gasteiger charge is -2.37. The standard InChI is InChI=1S/C29H28N2O3/c32-27-23(21-13-17-5-1-9-30-10-2-6-18(14-21)25(17)30)28(33)29(34)24(27)22-15-19-7-3-11-31-12-4-8-20(16-22)26(19)31/h13-16H,1-12H2/p+1. The molecule has 7 rings (SSSR count). The Balaban J connectivity index is 1.44. The summed E-state index contributed by atoms with van der Waals surface area (Å²) in [7, 11) is 0. The van der Waals surface area contributed by atoms with Crippen LogP contribution in [-0.2, 0) is 35.3 Å². The number of nitrogens with zero attached hydrogens (tertiary/aromatic N) is 2. The van der Waals surface area contributed by atoms with Gasteiger partial charge in [0.25, 0.3) is 0 Å². The molecule has 0 radical (unpaired) electrons. The van der Waals surface area contributed by atoms with Gasteiger partial charge in [0.05, 0.1) is 11.1 Å². The van der Waals surface area contributed by atoms with Gasteiger partial charge in [0.15, 0.2) is 0 Å². The first-order valence-corrected chi connectivity index (χ1v) is 12.8. The van der Waals surface area contributed by atoms with E-state index in [1.165, 1.54) is 33.3 Å². The van der Waals surface area contributed by atoms with E-state index >= 15 is 0 Å². The number of allylic oxidation sites excluding steroid dienone is 2. The lowest BCUT2D eigenvalue weighted by atomic mass is 9.88. The zero-order chi connectivity index (χ0) is 23.0. The highest BCUT2D eigenvalue weighted by atomic mass is 16.3. The van der Waals surface area contributed by atoms with Gasteiger partial charge in [-0.2, -0.15) is 0 Å². The zero-order valence-corrected chi connectivity index (χ0v) is 19.5. The summed E-state index contributed by atoms with van der Waals surface area (Å²) < 4.78 is 2.46. The number of anilines is 1. The van der Waals surface area contributed by atoms with Crippen molar-refractivity contribution in [3.8, 4) is 0 Å². The van der Waals surface area contributed by atoms with Gasteiger partial charge in [-0.15, -0.1) is 0 Å². The Morgan fingerprint density at radius 1 is 0.706 bits per heavy atom. The van der Waals surface area contributed by atoms with Crippen LogP contribution in [0.1, 0.15) is 53.5 Å². The lowest BCUT2D eigenvalue weighted by Crippen LogP contribution is -2.44. The lowest BCUT2D eigenvalue weighted by molar-refractivity contribution is -0.129. The fraction of sp³-hybridized carbons (Fsp3) is 0.414. The van der Waals surface area contributed by atoms with Crippen molar-refractivity contribution in [1.82, 2.24) is 4.58 Å². The van der Waals surface area contributed by atoms with Gasteiger partial charge in [-0.25, -0.2) is 4.58 Å². The van der Waals surface area contributed by atoms with Crippen molar-refractivity contribution in [3.05, 3.63) is 68.4 Å². The van der Waals surface area contributed by atoms with Crippen molar-refractivity contribution in [2.45, 2.75) is 51.4 Å². The molecule has 5 nitrogen and oxygen atoms in total. The predicted molar refractivity (Wildman–Crippen MR) is 132 cm³/mol. The molecule has 0 unspecified atom stereocenters. The summed E-state index contributed by atoms with van der Waals surface area (Å²) in [5.41, 5.74) is 7.37. The Kier molecular flexibility index (Phi) is 4.39. The Morgan fingerprint density at radius 2 is 1.26 bits per heavy atom. The Hall–Kier alpha value is -3.21. The minimum atomic E-state index is -0.573. The Morgan fingerprint density at radius 3 is 1.88 bits per heavy atom. The minimum absolute atomic E-state index is 0.138. The molecule has 2 aromatic rings. The summed E-state index contributed by atoms with van der Waals surface area (Å²) in [4.78, 5) is 28.9. The van der Waals surface area contributed by atoms with Crippen LogP contribution in [0.15, 0.2) is 30.0 Å². The van der Waals surface area contributed by atoms with Crippen molar-refractivity contribution in [2.24, 2.45) is 0 Å². The molecule has 172 valence electrons. The van der Waals surface area contributed by atoms with Crippen LogP contribution in [-0.4, -0.2) is 42.9 Å². The molecule has 0 amide bonds. The number of rotatable bonds is 1. The largest absolute Gasteiger partial charge is 0.506 e. The molecular formula is C29H29N2O3+. The Labute approximate surface area is 198 Å². The van der Waals surface area contributed by atoms with Crippen molar-refractivity contribution >= 4 is 28.4 Å². The highest BCUT2D eigenvalue weighted by Gasteiger charge is 2.39. The van der Waals surface area contributed by atoms with Crippen LogP contribution in [0.3, 0.4) is 0 Å². The monoisotopic (exact) mass is 453 g/mol. The fourth-order valence-corrected chi connectivity index (χ4v) is 7.00. The number of ketones is 2. The molecule has 4 aliphatic heterocycles. The quantitative estimate of drug-likeness (QED) is 0.530. The van der Waals surface area contributed by atoms with Crippen molar-refractivity contribution in [3.63, 3.8) is 0 Å². The number of Topliss-reactive ketones (excluding diaryl/α,β-unsaturated/α-hetero) is 2. The number of hydrogen-bond donors (Lipinski definition) is 1. The number of aliphatic hydroxyl groups excluding tert-OH is 1. The molecule has 0 atom stereocenters. The van der Waals surface area contributed by atoms with Crippen LogP contribution < -0.4 is 20.1 Å². The van der Waals surface area contributed by atoms with E-state index in [4.69, 9.17) is 0 Å². The number of aliphatic hydroxyl groups is 1. The number of carbonyl (C=O) groups excluding carboxylic acids is 2. The third-order valence-electron chi connectivity index (χ3n) is 8.38. The smallest absolute Gasteiger partial charge is 0.238 e. The molecule has 5 aliphatic rings. The number of benzene rings is 2. The molecule has 0 fully saturated rings. The summed E-state index contributed by atoms with van der Waals surface area (Å²) in [6, 6.07) is 8.18. The highest BCUT2D eigenvalue weighted by Crippen LogP contribution is 2.40. The van der Waals surface area contributed by atoms with E-state index in [0.717, 1.165) is 77.5 Å². The summed E-state index contributed by atoms with van der Waals surface area (Å²) in [5.74, 6) is -1.28. The van der Waals surface area contributed by atoms with Gasteiger partial charge in [0.2, 0.25) is 16.9 Å². The second-order valence-corrected chi connectivity index (χ2v) is 10.4. The van der Waals surface area contributed by atoms with Crippen LogP contribution in [0.4, 0.5) is 5.69 Å². The van der Waals surface area contributed by atoms with E-state index in [1.807, 2.05) is 24.3 Å². The summed E-state index contributed by atoms with van der Waals surface area (Å²) in [5, 5.41) is 13.4. The third kappa shape index (κ3) is 2.82. The first-order chi connectivity index (χ1) is 16.6. The van der Waals surface area contributed by atoms with Gasteiger partial charge in [0.1, 0.15) is 18.8 Å². The van der Waals surface area contributed by atoms with Gasteiger partial charge >= 0.3 is 0 Å². The average Bonchev–Trinajstić information content (AvgIpc) is 3.07. The summed E-state index contributed by atoms with van der Waals surface area (Å²) in [6.07, 6.45) is 8.29. The van der Waals surface area contributed by atoms with Gasteiger partial charge < -0.3 is 10.0 Å². The third-order valence-corrected chi connectivity index (χ3v) is 8.38. The summed E-state index contributed by atoms with van der Waals surface area (Å²) in [6.45, 7) is 4.34. The SMILES string of the molecule is O=C1C(=O)C(=c2cc3c4c(c2)CCC[N+]=4CCC3)C(O)=C1c1cc2c3c(c1)CCCN3CCC2. The van der Waals surface area contributed by atoms with Crippen molar-refractivity contribution in [2.75, 3.05) is 31.1 Å². The van der Waals surface area contributed by atoms with E-state index in [0.29, 0.717) is 10.8 Å². The van der Waals surface area contributed by atoms with Gasteiger partial charge in [-0.05, 0) is 84.7 Å². The number of carbonyl (C=O) groups is 2. The molecule has 0 aromatic heterocycles. The summed E-state index contributed by atoms with van der Waals surface area (Å²) >= 11 is 0.